The predicted octanol–water partition coefficient (Wildman–Crippen LogP) is 5.46. The zero-order valence-corrected chi connectivity index (χ0v) is 27.2. The zero-order chi connectivity index (χ0) is 36.5. The van der Waals surface area contributed by atoms with Crippen LogP contribution in [-0.2, 0) is 30.0 Å². The van der Waals surface area contributed by atoms with Crippen LogP contribution >= 0.6 is 11.6 Å². The van der Waals surface area contributed by atoms with Gasteiger partial charge < -0.3 is 19.9 Å². The molecule has 50 heavy (non-hydrogen) atoms. The molecule has 0 saturated heterocycles. The molecule has 0 unspecified atom stereocenters. The zero-order valence-electron chi connectivity index (χ0n) is 26.4. The van der Waals surface area contributed by atoms with Gasteiger partial charge in [-0.05, 0) is 41.5 Å². The Hall–Kier alpha value is -5.57. The first-order valence-corrected chi connectivity index (χ1v) is 15.1. The van der Waals surface area contributed by atoms with Gasteiger partial charge in [-0.2, -0.15) is 13.2 Å². The van der Waals surface area contributed by atoms with E-state index in [4.69, 9.17) is 16.3 Å². The number of benzene rings is 3. The van der Waals surface area contributed by atoms with E-state index in [2.05, 4.69) is 15.6 Å². The lowest BCUT2D eigenvalue weighted by atomic mass is 9.96. The number of anilines is 1. The summed E-state index contributed by atoms with van der Waals surface area (Å²) in [6.45, 7) is 0. The lowest BCUT2D eigenvalue weighted by molar-refractivity contribution is -0.144. The highest BCUT2D eigenvalue weighted by Gasteiger charge is 2.41. The number of hydrogen-bond acceptors (Lipinski definition) is 7. The van der Waals surface area contributed by atoms with Crippen LogP contribution in [0.4, 0.5) is 27.6 Å². The number of alkyl halides is 3. The number of carbonyl (C=O) groups excluding carboxylic acids is 2. The Kier molecular flexibility index (Phi) is 10.1. The molecule has 0 bridgehead atoms. The molecule has 10 nitrogen and oxygen atoms in total. The van der Waals surface area contributed by atoms with Gasteiger partial charge in [0.1, 0.15) is 29.3 Å². The third-order valence-corrected chi connectivity index (χ3v) is 8.17. The number of aromatic nitrogens is 3. The molecule has 0 aliphatic rings. The number of fused-ring (bicyclic) bond motifs is 1. The van der Waals surface area contributed by atoms with Crippen LogP contribution in [0.2, 0.25) is 5.02 Å². The molecule has 2 aromatic heterocycles. The topological polar surface area (TPSA) is 124 Å². The van der Waals surface area contributed by atoms with Crippen LogP contribution in [-0.4, -0.2) is 45.3 Å². The standard InChI is InChI=1S/C34H27ClF5N5O5/c1-44-16-23(31(47)45(2)33(44)49)22-11-8-18(21-5-4-12-41-28(21)22)13-26(32(48)50-3)43-30(46)27-24(36)14-20(15-25(27)37)42-29(34(38,39)40)17-6-9-19(35)10-7-17/h4-12,14-16,26,29,42H,13H2,1-3H3,(H,43,46)/t26-,29+/m0/s1. The first kappa shape index (κ1) is 35.7. The number of ether oxygens (including phenoxy) is 1. The van der Waals surface area contributed by atoms with Crippen molar-refractivity contribution in [3.8, 4) is 11.1 Å². The normalized spacial score (nSPS) is 12.7. The fourth-order valence-corrected chi connectivity index (χ4v) is 5.58. The molecular formula is C34H27ClF5N5O5. The summed E-state index contributed by atoms with van der Waals surface area (Å²) >= 11 is 5.77. The smallest absolute Gasteiger partial charge is 0.412 e. The van der Waals surface area contributed by atoms with Crippen LogP contribution in [0, 0.1) is 11.6 Å². The van der Waals surface area contributed by atoms with Crippen molar-refractivity contribution < 1.29 is 36.3 Å². The minimum absolute atomic E-state index is 0.168. The van der Waals surface area contributed by atoms with E-state index >= 15 is 8.78 Å². The average molecular weight is 716 g/mol. The van der Waals surface area contributed by atoms with E-state index in [-0.39, 0.29) is 22.6 Å². The number of esters is 1. The number of pyridine rings is 1. The molecule has 1 amide bonds. The highest BCUT2D eigenvalue weighted by molar-refractivity contribution is 6.30. The Morgan fingerprint density at radius 3 is 2.26 bits per heavy atom. The maximum absolute atomic E-state index is 15.2. The summed E-state index contributed by atoms with van der Waals surface area (Å²) in [5.74, 6) is -5.34. The number of nitrogens with one attached hydrogen (secondary N) is 2. The quantitative estimate of drug-likeness (QED) is 0.154. The number of methoxy groups -OCH3 is 1. The lowest BCUT2D eigenvalue weighted by Crippen LogP contribution is -2.43. The van der Waals surface area contributed by atoms with E-state index in [1.165, 1.54) is 43.2 Å². The third kappa shape index (κ3) is 7.22. The second-order valence-electron chi connectivity index (χ2n) is 11.2. The van der Waals surface area contributed by atoms with Gasteiger partial charge in [0.15, 0.2) is 0 Å². The van der Waals surface area contributed by atoms with Crippen molar-refractivity contribution in [1.82, 2.24) is 19.4 Å². The van der Waals surface area contributed by atoms with Gasteiger partial charge in [-0.15, -0.1) is 0 Å². The Morgan fingerprint density at radius 1 is 0.980 bits per heavy atom. The Bertz CT molecular complexity index is 2220. The summed E-state index contributed by atoms with van der Waals surface area (Å²) < 4.78 is 79.1. The minimum Gasteiger partial charge on any atom is -0.467 e. The highest BCUT2D eigenvalue weighted by Crippen LogP contribution is 2.37. The average Bonchev–Trinajstić information content (AvgIpc) is 3.07. The largest absolute Gasteiger partial charge is 0.467 e. The maximum Gasteiger partial charge on any atom is 0.412 e. The van der Waals surface area contributed by atoms with Crippen molar-refractivity contribution >= 4 is 40.1 Å². The van der Waals surface area contributed by atoms with Gasteiger partial charge in [-0.1, -0.05) is 41.9 Å². The molecule has 0 aliphatic heterocycles. The molecule has 0 spiro atoms. The summed E-state index contributed by atoms with van der Waals surface area (Å²) in [6, 6.07) is 8.21. The molecule has 16 heteroatoms. The number of rotatable bonds is 9. The number of aryl methyl sites for hydroxylation is 1. The van der Waals surface area contributed by atoms with Crippen molar-refractivity contribution in [3.63, 3.8) is 0 Å². The summed E-state index contributed by atoms with van der Waals surface area (Å²) in [4.78, 5) is 55.6. The summed E-state index contributed by atoms with van der Waals surface area (Å²) in [7, 11) is 3.85. The van der Waals surface area contributed by atoms with Crippen molar-refractivity contribution in [1.29, 1.82) is 0 Å². The number of hydrogen-bond donors (Lipinski definition) is 2. The molecule has 0 saturated carbocycles. The Labute approximate surface area is 285 Å². The summed E-state index contributed by atoms with van der Waals surface area (Å²) in [5.41, 5.74) is -1.84. The predicted molar refractivity (Wildman–Crippen MR) is 175 cm³/mol. The van der Waals surface area contributed by atoms with Gasteiger partial charge in [-0.3, -0.25) is 19.1 Å². The SMILES string of the molecule is COC(=O)[C@H](Cc1ccc(-c2cn(C)c(=O)n(C)c2=O)c2ncccc12)NC(=O)c1c(F)cc(N[C@H](c2ccc(Cl)cc2)C(F)(F)F)cc1F. The van der Waals surface area contributed by atoms with E-state index < -0.39 is 64.3 Å². The Balaban J connectivity index is 1.45. The van der Waals surface area contributed by atoms with E-state index in [0.29, 0.717) is 34.2 Å². The first-order chi connectivity index (χ1) is 23.6. The maximum atomic E-state index is 15.2. The minimum atomic E-state index is -4.88. The number of halogens is 6. The van der Waals surface area contributed by atoms with Crippen LogP contribution in [0.1, 0.15) is 27.5 Å². The van der Waals surface area contributed by atoms with Crippen LogP contribution in [0.5, 0.6) is 0 Å². The van der Waals surface area contributed by atoms with E-state index in [1.807, 2.05) is 0 Å². The molecule has 3 aromatic carbocycles. The van der Waals surface area contributed by atoms with Gasteiger partial charge in [0.2, 0.25) is 0 Å². The monoisotopic (exact) mass is 715 g/mol. The summed E-state index contributed by atoms with van der Waals surface area (Å²) in [6.07, 6.45) is -2.30. The van der Waals surface area contributed by atoms with Gasteiger partial charge in [0, 0.05) is 54.6 Å². The molecule has 2 N–H and O–H groups in total. The molecule has 5 aromatic rings. The van der Waals surface area contributed by atoms with Crippen molar-refractivity contribution in [3.05, 3.63) is 127 Å². The second kappa shape index (κ2) is 14.1. The van der Waals surface area contributed by atoms with E-state index in [1.54, 1.807) is 24.3 Å². The molecule has 2 atom stereocenters. The van der Waals surface area contributed by atoms with Gasteiger partial charge >= 0.3 is 17.8 Å². The molecule has 5 rings (SSSR count). The second-order valence-corrected chi connectivity index (χ2v) is 11.6. The number of nitrogens with zero attached hydrogens (tertiary/aromatic N) is 3. The number of carbonyl (C=O) groups is 2. The van der Waals surface area contributed by atoms with Crippen LogP contribution in [0.25, 0.3) is 22.0 Å². The van der Waals surface area contributed by atoms with Crippen molar-refractivity contribution in [2.45, 2.75) is 24.7 Å². The Morgan fingerprint density at radius 2 is 1.64 bits per heavy atom. The molecular weight excluding hydrogens is 689 g/mol. The van der Waals surface area contributed by atoms with E-state index in [0.717, 1.165) is 23.8 Å². The van der Waals surface area contributed by atoms with Gasteiger partial charge in [-0.25, -0.2) is 18.4 Å². The summed E-state index contributed by atoms with van der Waals surface area (Å²) in [5, 5.41) is 4.94. The fourth-order valence-electron chi connectivity index (χ4n) is 5.46. The number of amides is 1. The fraction of sp³-hybridized carbons (Fsp3) is 0.206. The van der Waals surface area contributed by atoms with Crippen molar-refractivity contribution in [2.24, 2.45) is 14.1 Å². The molecule has 0 aliphatic carbocycles. The lowest BCUT2D eigenvalue weighted by Gasteiger charge is -2.24. The van der Waals surface area contributed by atoms with Crippen LogP contribution in [0.3, 0.4) is 0 Å². The molecule has 260 valence electrons. The highest BCUT2D eigenvalue weighted by atomic mass is 35.5. The molecule has 0 radical (unpaired) electrons. The van der Waals surface area contributed by atoms with Crippen LogP contribution < -0.4 is 21.9 Å². The molecule has 2 heterocycles. The van der Waals surface area contributed by atoms with Crippen molar-refractivity contribution in [2.75, 3.05) is 12.4 Å². The van der Waals surface area contributed by atoms with Crippen LogP contribution in [0.15, 0.2) is 82.6 Å². The molecule has 0 fully saturated rings. The van der Waals surface area contributed by atoms with Gasteiger partial charge in [0.05, 0.1) is 18.2 Å². The third-order valence-electron chi connectivity index (χ3n) is 7.92. The first-order valence-electron chi connectivity index (χ1n) is 14.7. The van der Waals surface area contributed by atoms with E-state index in [9.17, 15) is 32.3 Å². The van der Waals surface area contributed by atoms with Gasteiger partial charge in [0.25, 0.3) is 11.5 Å².